The van der Waals surface area contributed by atoms with Crippen molar-refractivity contribution >= 4 is 6.09 Å². The number of ether oxygens (including phenoxy) is 1. The zero-order chi connectivity index (χ0) is 10.5. The van der Waals surface area contributed by atoms with Gasteiger partial charge in [-0.1, -0.05) is 20.8 Å². The van der Waals surface area contributed by atoms with Gasteiger partial charge >= 0.3 is 6.09 Å². The number of hydrogen-bond donors (Lipinski definition) is 0. The third kappa shape index (κ3) is 5.16. The van der Waals surface area contributed by atoms with Gasteiger partial charge in [-0.3, -0.25) is 0 Å². The predicted molar refractivity (Wildman–Crippen MR) is 49.0 cm³/mol. The van der Waals surface area contributed by atoms with Gasteiger partial charge in [0.15, 0.2) is 0 Å². The topological polar surface area (TPSA) is 59.0 Å². The maximum absolute atomic E-state index is 11.1. The average molecular weight is 188 g/mol. The number of hydrogen-bond acceptors (Lipinski definition) is 4. The number of nitroso groups, excluding NO2 is 1. The van der Waals surface area contributed by atoms with Crippen LogP contribution in [-0.2, 0) is 4.74 Å². The van der Waals surface area contributed by atoms with Crippen molar-refractivity contribution in [3.05, 3.63) is 4.91 Å². The lowest BCUT2D eigenvalue weighted by atomic mass is 9.97. The minimum absolute atomic E-state index is 0.166. The Morgan fingerprint density at radius 2 is 2.00 bits per heavy atom. The molecule has 5 heteroatoms. The van der Waals surface area contributed by atoms with E-state index in [1.807, 2.05) is 20.8 Å². The van der Waals surface area contributed by atoms with E-state index in [2.05, 4.69) is 10.0 Å². The monoisotopic (exact) mass is 188 g/mol. The largest absolute Gasteiger partial charge is 0.448 e. The van der Waals surface area contributed by atoms with Gasteiger partial charge in [-0.05, 0) is 12.3 Å². The van der Waals surface area contributed by atoms with E-state index in [-0.39, 0.29) is 18.6 Å². The second-order valence-electron chi connectivity index (χ2n) is 3.90. The van der Waals surface area contributed by atoms with Gasteiger partial charge in [-0.2, -0.15) is 5.01 Å². The van der Waals surface area contributed by atoms with Gasteiger partial charge in [-0.25, -0.2) is 4.79 Å². The van der Waals surface area contributed by atoms with Crippen molar-refractivity contribution < 1.29 is 9.53 Å². The number of nitrogens with zero attached hydrogens (tertiary/aromatic N) is 2. The Labute approximate surface area is 78.0 Å². The molecule has 13 heavy (non-hydrogen) atoms. The van der Waals surface area contributed by atoms with Gasteiger partial charge in [0, 0.05) is 0 Å². The summed E-state index contributed by atoms with van der Waals surface area (Å²) in [6, 6.07) is 0. The van der Waals surface area contributed by atoms with Crippen LogP contribution in [0.15, 0.2) is 5.29 Å². The molecule has 0 atom stereocenters. The molecule has 0 N–H and O–H groups in total. The molecular formula is C8H16N2O3. The summed E-state index contributed by atoms with van der Waals surface area (Å²) in [6.07, 6.45) is -0.688. The van der Waals surface area contributed by atoms with Gasteiger partial charge in [0.1, 0.15) is 0 Å². The molecule has 0 aliphatic rings. The molecule has 0 bridgehead atoms. The van der Waals surface area contributed by atoms with Crippen LogP contribution in [-0.4, -0.2) is 24.3 Å². The van der Waals surface area contributed by atoms with E-state index in [4.69, 9.17) is 0 Å². The molecular weight excluding hydrogens is 172 g/mol. The van der Waals surface area contributed by atoms with E-state index in [1.54, 1.807) is 6.92 Å². The highest BCUT2D eigenvalue weighted by molar-refractivity contribution is 5.67. The first kappa shape index (κ1) is 11.9. The van der Waals surface area contributed by atoms with Gasteiger partial charge in [0.2, 0.25) is 0 Å². The fourth-order valence-electron chi connectivity index (χ4n) is 0.774. The third-order valence-corrected chi connectivity index (χ3v) is 1.20. The smallest absolute Gasteiger partial charge is 0.433 e. The van der Waals surface area contributed by atoms with Crippen LogP contribution < -0.4 is 0 Å². The standard InChI is InChI=1S/C8H16N2O3/c1-5-13-7(11)10(9-12)6-8(2,3)4/h5-6H2,1-4H3. The zero-order valence-corrected chi connectivity index (χ0v) is 8.53. The molecule has 0 saturated carbocycles. The minimum atomic E-state index is -0.688. The Morgan fingerprint density at radius 1 is 1.46 bits per heavy atom. The lowest BCUT2D eigenvalue weighted by molar-refractivity contribution is 0.0938. The van der Waals surface area contributed by atoms with Gasteiger partial charge < -0.3 is 4.74 Å². The Hall–Kier alpha value is -1.13. The predicted octanol–water partition coefficient (Wildman–Crippen LogP) is 2.17. The minimum Gasteiger partial charge on any atom is -0.448 e. The first-order valence-corrected chi connectivity index (χ1v) is 4.18. The molecule has 0 fully saturated rings. The summed E-state index contributed by atoms with van der Waals surface area (Å²) in [5, 5.41) is 3.40. The molecule has 0 heterocycles. The molecule has 0 aromatic heterocycles. The summed E-state index contributed by atoms with van der Waals surface area (Å²) >= 11 is 0. The maximum Gasteiger partial charge on any atom is 0.433 e. The van der Waals surface area contributed by atoms with Gasteiger partial charge in [0.25, 0.3) is 0 Å². The van der Waals surface area contributed by atoms with Crippen molar-refractivity contribution in [3.63, 3.8) is 0 Å². The van der Waals surface area contributed by atoms with E-state index in [0.29, 0.717) is 0 Å². The molecule has 76 valence electrons. The molecule has 0 rings (SSSR count). The van der Waals surface area contributed by atoms with Crippen LogP contribution in [0, 0.1) is 10.3 Å². The second kappa shape index (κ2) is 4.79. The van der Waals surface area contributed by atoms with E-state index in [9.17, 15) is 9.70 Å². The van der Waals surface area contributed by atoms with Gasteiger partial charge in [-0.15, -0.1) is 4.91 Å². The molecule has 0 aliphatic carbocycles. The quantitative estimate of drug-likeness (QED) is 0.503. The lowest BCUT2D eigenvalue weighted by Gasteiger charge is -2.22. The third-order valence-electron chi connectivity index (χ3n) is 1.20. The SMILES string of the molecule is CCOC(=O)N(CC(C)(C)C)N=O. The highest BCUT2D eigenvalue weighted by Crippen LogP contribution is 2.15. The van der Waals surface area contributed by atoms with E-state index >= 15 is 0 Å². The number of carbonyl (C=O) groups excluding carboxylic acids is 1. The van der Waals surface area contributed by atoms with E-state index in [0.717, 1.165) is 5.01 Å². The van der Waals surface area contributed by atoms with E-state index in [1.165, 1.54) is 0 Å². The molecule has 5 nitrogen and oxygen atoms in total. The Bertz CT molecular complexity index is 186. The summed E-state index contributed by atoms with van der Waals surface area (Å²) < 4.78 is 4.63. The van der Waals surface area contributed by atoms with Crippen molar-refractivity contribution in [2.24, 2.45) is 10.7 Å². The zero-order valence-electron chi connectivity index (χ0n) is 8.53. The van der Waals surface area contributed by atoms with Gasteiger partial charge in [0.05, 0.1) is 18.4 Å². The molecule has 0 saturated heterocycles. The first-order valence-electron chi connectivity index (χ1n) is 4.18. The van der Waals surface area contributed by atoms with Crippen molar-refractivity contribution in [1.29, 1.82) is 0 Å². The number of amides is 1. The first-order chi connectivity index (χ1) is 5.90. The molecule has 0 aliphatic heterocycles. The molecule has 1 amide bonds. The van der Waals surface area contributed by atoms with Crippen molar-refractivity contribution in [2.45, 2.75) is 27.7 Å². The van der Waals surface area contributed by atoms with Crippen LogP contribution in [0.25, 0.3) is 0 Å². The lowest BCUT2D eigenvalue weighted by Crippen LogP contribution is -2.33. The van der Waals surface area contributed by atoms with Crippen LogP contribution in [0.1, 0.15) is 27.7 Å². The molecule has 0 unspecified atom stereocenters. The summed E-state index contributed by atoms with van der Waals surface area (Å²) in [4.78, 5) is 21.3. The van der Waals surface area contributed by atoms with E-state index < -0.39 is 6.09 Å². The van der Waals surface area contributed by atoms with Crippen LogP contribution in [0.2, 0.25) is 0 Å². The fourth-order valence-corrected chi connectivity index (χ4v) is 0.774. The summed E-state index contributed by atoms with van der Waals surface area (Å²) in [7, 11) is 0. The Balaban J connectivity index is 4.18. The van der Waals surface area contributed by atoms with Crippen LogP contribution in [0.5, 0.6) is 0 Å². The molecule has 0 radical (unpaired) electrons. The summed E-state index contributed by atoms with van der Waals surface area (Å²) in [5.41, 5.74) is -0.166. The molecule has 0 spiro atoms. The normalized spacial score (nSPS) is 10.8. The van der Waals surface area contributed by atoms with Crippen LogP contribution in [0.3, 0.4) is 0 Å². The summed E-state index contributed by atoms with van der Waals surface area (Å²) in [6.45, 7) is 7.90. The fraction of sp³-hybridized carbons (Fsp3) is 0.875. The molecule has 0 aromatic carbocycles. The maximum atomic E-state index is 11.1. The van der Waals surface area contributed by atoms with Crippen LogP contribution >= 0.6 is 0 Å². The van der Waals surface area contributed by atoms with Crippen molar-refractivity contribution in [3.8, 4) is 0 Å². The highest BCUT2D eigenvalue weighted by Gasteiger charge is 2.22. The number of rotatable bonds is 3. The summed E-state index contributed by atoms with van der Waals surface area (Å²) in [5.74, 6) is 0. The van der Waals surface area contributed by atoms with Crippen molar-refractivity contribution in [2.75, 3.05) is 13.2 Å². The second-order valence-corrected chi connectivity index (χ2v) is 3.90. The number of carbonyl (C=O) groups is 1. The average Bonchev–Trinajstić information content (AvgIpc) is 1.99. The Kier molecular flexibility index (Phi) is 4.37. The van der Waals surface area contributed by atoms with Crippen LogP contribution in [0.4, 0.5) is 4.79 Å². The van der Waals surface area contributed by atoms with Crippen molar-refractivity contribution in [1.82, 2.24) is 5.01 Å². The Morgan fingerprint density at radius 3 is 2.31 bits per heavy atom. The highest BCUT2D eigenvalue weighted by atomic mass is 16.6. The molecule has 0 aromatic rings.